The van der Waals surface area contributed by atoms with Crippen LogP contribution in [-0.4, -0.2) is 44.4 Å². The number of nitrogens with zero attached hydrogens (tertiary/aromatic N) is 3. The number of hydrazone groups is 1. The second-order valence-corrected chi connectivity index (χ2v) is 7.96. The molecule has 0 radical (unpaired) electrons. The molecule has 1 aliphatic heterocycles. The van der Waals surface area contributed by atoms with E-state index in [-0.39, 0.29) is 12.6 Å². The van der Waals surface area contributed by atoms with Gasteiger partial charge in [-0.05, 0) is 72.0 Å². The first-order chi connectivity index (χ1) is 13.5. The Bertz CT molecular complexity index is 862. The predicted octanol–water partition coefficient (Wildman–Crippen LogP) is 4.90. The van der Waals surface area contributed by atoms with Crippen molar-refractivity contribution in [2.75, 3.05) is 20.2 Å². The third-order valence-electron chi connectivity index (χ3n) is 4.14. The molecule has 0 saturated carbocycles. The molecule has 2 aromatic carbocycles. The topological polar surface area (TPSA) is 55.7 Å². The molecule has 3 rings (SSSR count). The standard InChI is InChI=1S/C20H21ClIN3O3/c1-14-11-26-20(28-14,12-25(24-3)13-23-2)18-9-8-17(10-19(18)21)27-16-6-4-15(22)5-7-16/h4-10,13-14H,3,11-12H2,1-2H3. The smallest absolute Gasteiger partial charge is 0.217 e. The van der Waals surface area contributed by atoms with Crippen LogP contribution < -0.4 is 4.74 Å². The quantitative estimate of drug-likeness (QED) is 0.229. The van der Waals surface area contributed by atoms with Gasteiger partial charge in [-0.15, -0.1) is 0 Å². The number of ether oxygens (including phenoxy) is 3. The fourth-order valence-electron chi connectivity index (χ4n) is 2.94. The van der Waals surface area contributed by atoms with Gasteiger partial charge in [0.25, 0.3) is 0 Å². The van der Waals surface area contributed by atoms with Gasteiger partial charge < -0.3 is 14.2 Å². The van der Waals surface area contributed by atoms with Crippen molar-refractivity contribution in [3.8, 4) is 11.5 Å². The lowest BCUT2D eigenvalue weighted by Gasteiger charge is -2.32. The number of benzene rings is 2. The second kappa shape index (κ2) is 9.21. The third kappa shape index (κ3) is 4.83. The minimum atomic E-state index is -1.07. The minimum absolute atomic E-state index is 0.0796. The minimum Gasteiger partial charge on any atom is -0.457 e. The van der Waals surface area contributed by atoms with Gasteiger partial charge in [-0.2, -0.15) is 5.10 Å². The molecule has 148 valence electrons. The van der Waals surface area contributed by atoms with E-state index in [1.165, 1.54) is 0 Å². The van der Waals surface area contributed by atoms with Gasteiger partial charge in [0.1, 0.15) is 24.4 Å². The molecule has 0 aliphatic carbocycles. The molecular formula is C20H21ClIN3O3. The van der Waals surface area contributed by atoms with E-state index in [0.717, 1.165) is 9.32 Å². The lowest BCUT2D eigenvalue weighted by atomic mass is 10.0. The first kappa shape index (κ1) is 21.0. The van der Waals surface area contributed by atoms with Crippen molar-refractivity contribution in [2.45, 2.75) is 18.8 Å². The Morgan fingerprint density at radius 2 is 2.04 bits per heavy atom. The van der Waals surface area contributed by atoms with Crippen molar-refractivity contribution in [3.05, 3.63) is 56.6 Å². The van der Waals surface area contributed by atoms with Crippen LogP contribution in [0.25, 0.3) is 0 Å². The van der Waals surface area contributed by atoms with Crippen LogP contribution >= 0.6 is 34.2 Å². The monoisotopic (exact) mass is 513 g/mol. The van der Waals surface area contributed by atoms with E-state index >= 15 is 0 Å². The van der Waals surface area contributed by atoms with Gasteiger partial charge >= 0.3 is 0 Å². The predicted molar refractivity (Wildman–Crippen MR) is 120 cm³/mol. The molecule has 0 spiro atoms. The summed E-state index contributed by atoms with van der Waals surface area (Å²) in [6, 6.07) is 13.2. The zero-order valence-electron chi connectivity index (χ0n) is 15.6. The summed E-state index contributed by atoms with van der Waals surface area (Å²) in [5.74, 6) is 0.299. The lowest BCUT2D eigenvalue weighted by Crippen LogP contribution is -2.40. The van der Waals surface area contributed by atoms with Crippen LogP contribution in [0.1, 0.15) is 12.5 Å². The van der Waals surface area contributed by atoms with E-state index in [9.17, 15) is 0 Å². The van der Waals surface area contributed by atoms with Crippen molar-refractivity contribution < 1.29 is 14.2 Å². The number of aliphatic imine (C=N–C) groups is 1. The van der Waals surface area contributed by atoms with Gasteiger partial charge in [-0.1, -0.05) is 11.6 Å². The number of rotatable bonds is 7. The second-order valence-electron chi connectivity index (χ2n) is 6.30. The molecule has 6 nitrogen and oxygen atoms in total. The Morgan fingerprint density at radius 3 is 2.61 bits per heavy atom. The van der Waals surface area contributed by atoms with Crippen LogP contribution in [0.2, 0.25) is 5.02 Å². The Balaban J connectivity index is 1.88. The summed E-state index contributed by atoms with van der Waals surface area (Å²) >= 11 is 8.85. The van der Waals surface area contributed by atoms with Gasteiger partial charge in [0.2, 0.25) is 5.79 Å². The summed E-state index contributed by atoms with van der Waals surface area (Å²) in [7, 11) is 1.66. The van der Waals surface area contributed by atoms with Gasteiger partial charge in [-0.25, -0.2) is 5.01 Å². The lowest BCUT2D eigenvalue weighted by molar-refractivity contribution is -0.181. The summed E-state index contributed by atoms with van der Waals surface area (Å²) in [5.41, 5.74) is 0.701. The van der Waals surface area contributed by atoms with Crippen LogP contribution in [0.15, 0.2) is 52.6 Å². The molecular weight excluding hydrogens is 493 g/mol. The zero-order valence-corrected chi connectivity index (χ0v) is 18.6. The third-order valence-corrected chi connectivity index (χ3v) is 5.18. The molecule has 2 unspecified atom stereocenters. The van der Waals surface area contributed by atoms with Crippen LogP contribution in [0.5, 0.6) is 11.5 Å². The van der Waals surface area contributed by atoms with E-state index in [2.05, 4.69) is 39.4 Å². The Labute approximate surface area is 183 Å². The van der Waals surface area contributed by atoms with Gasteiger partial charge in [0, 0.05) is 22.9 Å². The van der Waals surface area contributed by atoms with Crippen LogP contribution in [-0.2, 0) is 15.3 Å². The van der Waals surface area contributed by atoms with Gasteiger partial charge in [0.15, 0.2) is 0 Å². The highest BCUT2D eigenvalue weighted by atomic mass is 127. The summed E-state index contributed by atoms with van der Waals surface area (Å²) < 4.78 is 19.2. The summed E-state index contributed by atoms with van der Waals surface area (Å²) in [6.45, 7) is 6.25. The number of hydrogen-bond acceptors (Lipinski definition) is 5. The molecule has 1 heterocycles. The molecule has 1 fully saturated rings. The molecule has 0 aromatic heterocycles. The van der Waals surface area contributed by atoms with Crippen LogP contribution in [0, 0.1) is 3.57 Å². The highest BCUT2D eigenvalue weighted by molar-refractivity contribution is 14.1. The SMILES string of the molecule is C=NN(C=NC)CC1(c2ccc(Oc3ccc(I)cc3)cc2Cl)OCC(C)O1. The molecule has 1 saturated heterocycles. The Kier molecular flexibility index (Phi) is 6.92. The van der Waals surface area contributed by atoms with Crippen molar-refractivity contribution in [2.24, 2.45) is 10.1 Å². The maximum absolute atomic E-state index is 6.60. The van der Waals surface area contributed by atoms with Crippen molar-refractivity contribution in [3.63, 3.8) is 0 Å². The molecule has 0 bridgehead atoms. The van der Waals surface area contributed by atoms with E-state index in [1.54, 1.807) is 24.5 Å². The first-order valence-electron chi connectivity index (χ1n) is 8.66. The Hall–Kier alpha value is -1.68. The molecule has 2 atom stereocenters. The molecule has 28 heavy (non-hydrogen) atoms. The molecule has 2 aromatic rings. The average molecular weight is 514 g/mol. The summed E-state index contributed by atoms with van der Waals surface area (Å²) in [5, 5.41) is 5.99. The summed E-state index contributed by atoms with van der Waals surface area (Å²) in [4.78, 5) is 3.98. The fraction of sp³-hybridized carbons (Fsp3) is 0.300. The number of halogens is 2. The van der Waals surface area contributed by atoms with E-state index in [4.69, 9.17) is 25.8 Å². The maximum Gasteiger partial charge on any atom is 0.217 e. The molecule has 8 heteroatoms. The summed E-state index contributed by atoms with van der Waals surface area (Å²) in [6.07, 6.45) is 1.48. The highest BCUT2D eigenvalue weighted by Gasteiger charge is 2.44. The van der Waals surface area contributed by atoms with Crippen LogP contribution in [0.3, 0.4) is 0 Å². The molecule has 0 N–H and O–H groups in total. The van der Waals surface area contributed by atoms with Crippen LogP contribution in [0.4, 0.5) is 0 Å². The van der Waals surface area contributed by atoms with Crippen molar-refractivity contribution >= 4 is 47.2 Å². The zero-order chi connectivity index (χ0) is 20.1. The Morgan fingerprint density at radius 1 is 1.32 bits per heavy atom. The number of hydrogen-bond donors (Lipinski definition) is 0. The normalized spacial score (nSPS) is 21.8. The van der Waals surface area contributed by atoms with E-state index in [0.29, 0.717) is 22.9 Å². The average Bonchev–Trinajstić information content (AvgIpc) is 3.04. The maximum atomic E-state index is 6.60. The highest BCUT2D eigenvalue weighted by Crippen LogP contribution is 2.40. The van der Waals surface area contributed by atoms with Crippen molar-refractivity contribution in [1.82, 2.24) is 5.01 Å². The largest absolute Gasteiger partial charge is 0.457 e. The van der Waals surface area contributed by atoms with E-state index in [1.807, 2.05) is 43.3 Å². The molecule has 1 aliphatic rings. The van der Waals surface area contributed by atoms with Gasteiger partial charge in [0.05, 0.1) is 17.7 Å². The fourth-order valence-corrected chi connectivity index (χ4v) is 3.61. The van der Waals surface area contributed by atoms with Crippen molar-refractivity contribution in [1.29, 1.82) is 0 Å². The van der Waals surface area contributed by atoms with Gasteiger partial charge in [-0.3, -0.25) is 4.99 Å². The molecule has 0 amide bonds. The first-order valence-corrected chi connectivity index (χ1v) is 10.1. The van der Waals surface area contributed by atoms with E-state index < -0.39 is 5.79 Å².